The Balaban J connectivity index is 1.05. The first-order valence-corrected chi connectivity index (χ1v) is 13.4. The summed E-state index contributed by atoms with van der Waals surface area (Å²) >= 11 is 0. The minimum Gasteiger partial charge on any atom is -0.379 e. The highest BCUT2D eigenvalue weighted by Gasteiger charge is 2.33. The van der Waals surface area contributed by atoms with Crippen LogP contribution in [-0.4, -0.2) is 99.4 Å². The maximum atomic E-state index is 13.9. The number of anilines is 1. The molecule has 1 unspecified atom stereocenters. The minimum absolute atomic E-state index is 0.294. The van der Waals surface area contributed by atoms with Gasteiger partial charge in [-0.2, -0.15) is 0 Å². The number of halogens is 2. The fraction of sp³-hybridized carbons (Fsp3) is 0.481. The first-order valence-electron chi connectivity index (χ1n) is 13.4. The highest BCUT2D eigenvalue weighted by atomic mass is 19.3. The molecule has 0 amide bonds. The summed E-state index contributed by atoms with van der Waals surface area (Å²) in [7, 11) is 0. The van der Waals surface area contributed by atoms with Gasteiger partial charge in [0.05, 0.1) is 54.8 Å². The number of rotatable bonds is 6. The Morgan fingerprint density at radius 3 is 2.56 bits per heavy atom. The highest BCUT2D eigenvalue weighted by molar-refractivity contribution is 5.76. The lowest BCUT2D eigenvalue weighted by molar-refractivity contribution is -0.0347. The van der Waals surface area contributed by atoms with E-state index in [1.807, 2.05) is 23.1 Å². The zero-order valence-corrected chi connectivity index (χ0v) is 21.5. The van der Waals surface area contributed by atoms with Crippen LogP contribution in [0.25, 0.3) is 22.1 Å². The molecule has 39 heavy (non-hydrogen) atoms. The van der Waals surface area contributed by atoms with Crippen molar-refractivity contribution in [3.8, 4) is 0 Å². The number of imidazole rings is 1. The lowest BCUT2D eigenvalue weighted by Gasteiger charge is -2.46. The Bertz CT molecular complexity index is 1470. The first kappa shape index (κ1) is 24.7. The molecule has 10 nitrogen and oxygen atoms in total. The molecule has 0 saturated carbocycles. The van der Waals surface area contributed by atoms with Gasteiger partial charge in [-0.25, -0.2) is 28.7 Å². The van der Waals surface area contributed by atoms with Crippen molar-refractivity contribution in [2.24, 2.45) is 0 Å². The number of alkyl halides is 2. The van der Waals surface area contributed by atoms with Gasteiger partial charge in [-0.15, -0.1) is 0 Å². The van der Waals surface area contributed by atoms with Gasteiger partial charge in [0, 0.05) is 45.3 Å². The van der Waals surface area contributed by atoms with Gasteiger partial charge in [-0.3, -0.25) is 14.4 Å². The Morgan fingerprint density at radius 2 is 1.72 bits per heavy atom. The van der Waals surface area contributed by atoms with E-state index >= 15 is 0 Å². The van der Waals surface area contributed by atoms with Gasteiger partial charge >= 0.3 is 0 Å². The molecule has 0 N–H and O–H groups in total. The van der Waals surface area contributed by atoms with Crippen LogP contribution < -0.4 is 4.90 Å². The van der Waals surface area contributed by atoms with Crippen LogP contribution in [0.4, 0.5) is 14.7 Å². The minimum atomic E-state index is -2.71. The predicted molar refractivity (Wildman–Crippen MR) is 141 cm³/mol. The number of likely N-dealkylation sites (tertiary alicyclic amines) is 1. The molecule has 4 aromatic rings. The molecule has 3 aliphatic heterocycles. The predicted octanol–water partition coefficient (Wildman–Crippen LogP) is 2.86. The van der Waals surface area contributed by atoms with Crippen molar-refractivity contribution in [2.75, 3.05) is 64.0 Å². The highest BCUT2D eigenvalue weighted by Crippen LogP contribution is 2.31. The van der Waals surface area contributed by atoms with E-state index in [1.54, 1.807) is 24.4 Å². The van der Waals surface area contributed by atoms with Gasteiger partial charge in [-0.05, 0) is 24.3 Å². The smallest absolute Gasteiger partial charge is 0.295 e. The Labute approximate surface area is 224 Å². The zero-order valence-electron chi connectivity index (χ0n) is 21.5. The van der Waals surface area contributed by atoms with Crippen molar-refractivity contribution >= 4 is 28.0 Å². The maximum absolute atomic E-state index is 13.9. The lowest BCUT2D eigenvalue weighted by Crippen LogP contribution is -2.60. The summed E-state index contributed by atoms with van der Waals surface area (Å²) in [5.41, 5.74) is 3.63. The number of ether oxygens (including phenoxy) is 2. The number of fused-ring (bicyclic) bond motifs is 2. The van der Waals surface area contributed by atoms with Crippen LogP contribution in [0.1, 0.15) is 24.2 Å². The second kappa shape index (κ2) is 10.3. The van der Waals surface area contributed by atoms with Crippen LogP contribution in [0.2, 0.25) is 0 Å². The maximum Gasteiger partial charge on any atom is 0.295 e. The Kier molecular flexibility index (Phi) is 6.55. The van der Waals surface area contributed by atoms with Crippen LogP contribution in [0.5, 0.6) is 0 Å². The van der Waals surface area contributed by atoms with Crippen molar-refractivity contribution in [3.63, 3.8) is 0 Å². The number of nitrogens with zero attached hydrogens (tertiary/aromatic N) is 8. The summed E-state index contributed by atoms with van der Waals surface area (Å²) in [6, 6.07) is 11.7. The Hall–Kier alpha value is -3.32. The van der Waals surface area contributed by atoms with Crippen LogP contribution in [0, 0.1) is 0 Å². The van der Waals surface area contributed by atoms with Gasteiger partial charge in [-0.1, -0.05) is 12.1 Å². The van der Waals surface area contributed by atoms with E-state index in [4.69, 9.17) is 19.4 Å². The fourth-order valence-electron chi connectivity index (χ4n) is 5.76. The van der Waals surface area contributed by atoms with Gasteiger partial charge in [0.1, 0.15) is 5.52 Å². The van der Waals surface area contributed by atoms with E-state index in [0.29, 0.717) is 42.7 Å². The van der Waals surface area contributed by atoms with Crippen molar-refractivity contribution in [3.05, 3.63) is 54.1 Å². The largest absolute Gasteiger partial charge is 0.379 e. The molecule has 3 fully saturated rings. The molecule has 6 heterocycles. The molecule has 1 atom stereocenters. The molecule has 12 heteroatoms. The van der Waals surface area contributed by atoms with E-state index in [0.717, 1.165) is 62.7 Å². The summed E-state index contributed by atoms with van der Waals surface area (Å²) in [6.45, 7) is 7.83. The molecular formula is C27H30F2N8O2. The van der Waals surface area contributed by atoms with Crippen LogP contribution in [0.3, 0.4) is 0 Å². The van der Waals surface area contributed by atoms with E-state index < -0.39 is 12.7 Å². The third-order valence-corrected chi connectivity index (χ3v) is 7.81. The van der Waals surface area contributed by atoms with E-state index in [2.05, 4.69) is 19.8 Å². The summed E-state index contributed by atoms with van der Waals surface area (Å²) in [6.07, 6.45) is -1.60. The van der Waals surface area contributed by atoms with Gasteiger partial charge < -0.3 is 14.4 Å². The Morgan fingerprint density at radius 1 is 0.872 bits per heavy atom. The van der Waals surface area contributed by atoms with Crippen molar-refractivity contribution in [1.82, 2.24) is 34.3 Å². The lowest BCUT2D eigenvalue weighted by atomic mass is 10.1. The molecule has 0 spiro atoms. The number of para-hydroxylation sites is 2. The topological polar surface area (TPSA) is 84.7 Å². The number of hydrogen-bond acceptors (Lipinski definition) is 9. The van der Waals surface area contributed by atoms with Crippen LogP contribution in [-0.2, 0) is 16.0 Å². The molecule has 0 aliphatic carbocycles. The number of pyridine rings is 1. The number of aromatic nitrogens is 5. The van der Waals surface area contributed by atoms with Crippen molar-refractivity contribution < 1.29 is 18.3 Å². The van der Waals surface area contributed by atoms with E-state index in [-0.39, 0.29) is 5.82 Å². The average molecular weight is 537 g/mol. The van der Waals surface area contributed by atoms with E-state index in [9.17, 15) is 8.78 Å². The van der Waals surface area contributed by atoms with Crippen molar-refractivity contribution in [2.45, 2.75) is 25.2 Å². The summed E-state index contributed by atoms with van der Waals surface area (Å²) < 4.78 is 40.6. The van der Waals surface area contributed by atoms with E-state index in [1.165, 1.54) is 4.57 Å². The second-order valence-electron chi connectivity index (χ2n) is 10.3. The molecular weight excluding hydrogens is 506 g/mol. The van der Waals surface area contributed by atoms with Crippen LogP contribution >= 0.6 is 0 Å². The number of benzene rings is 1. The summed E-state index contributed by atoms with van der Waals surface area (Å²) in [4.78, 5) is 25.2. The number of morpholine rings is 2. The first-order chi connectivity index (χ1) is 19.1. The summed E-state index contributed by atoms with van der Waals surface area (Å²) in [5, 5.41) is 0. The average Bonchev–Trinajstić information content (AvgIpc) is 3.35. The quantitative estimate of drug-likeness (QED) is 0.369. The normalized spacial score (nSPS) is 21.7. The monoisotopic (exact) mass is 536 g/mol. The SMILES string of the molecule is FC(F)c1nc2ccccc2n1C1CN(c2ncc3nc(CN4CC(N5CCOCC5)C4)ccc3n2)CCO1. The van der Waals surface area contributed by atoms with Gasteiger partial charge in [0.2, 0.25) is 5.95 Å². The van der Waals surface area contributed by atoms with Gasteiger partial charge in [0.25, 0.3) is 6.43 Å². The molecule has 0 bridgehead atoms. The molecule has 3 aromatic heterocycles. The fourth-order valence-corrected chi connectivity index (χ4v) is 5.76. The standard InChI is InChI=1S/C27H30F2N8O2/c28-25(29)26-32-21-3-1-2-4-23(21)37(26)24-17-36(9-12-39-24)27-30-13-22-20(33-27)6-5-18(31-22)14-34-15-19(16-34)35-7-10-38-11-8-35/h1-6,13,19,24-25H,7-12,14-17H2. The third kappa shape index (κ3) is 4.82. The zero-order chi connectivity index (χ0) is 26.3. The van der Waals surface area contributed by atoms with Crippen LogP contribution in [0.15, 0.2) is 42.6 Å². The molecule has 7 rings (SSSR count). The molecule has 3 saturated heterocycles. The van der Waals surface area contributed by atoms with Gasteiger partial charge in [0.15, 0.2) is 12.1 Å². The molecule has 204 valence electrons. The molecule has 3 aliphatic rings. The summed E-state index contributed by atoms with van der Waals surface area (Å²) in [5.74, 6) is 0.238. The second-order valence-corrected chi connectivity index (χ2v) is 10.3. The molecule has 0 radical (unpaired) electrons. The number of hydrogen-bond donors (Lipinski definition) is 0. The third-order valence-electron chi connectivity index (χ3n) is 7.81. The van der Waals surface area contributed by atoms with Crippen molar-refractivity contribution in [1.29, 1.82) is 0 Å². The molecule has 1 aromatic carbocycles.